The molecule has 0 aliphatic heterocycles. The van der Waals surface area contributed by atoms with Gasteiger partial charge in [-0.1, -0.05) is 0 Å². The van der Waals surface area contributed by atoms with Crippen molar-refractivity contribution in [1.29, 1.82) is 0 Å². The molecular formula is C5H10Cl2Zr. The van der Waals surface area contributed by atoms with Crippen LogP contribution in [0.2, 0.25) is 0 Å². The summed E-state index contributed by atoms with van der Waals surface area (Å²) in [7, 11) is 9.87. The van der Waals surface area contributed by atoms with Crippen LogP contribution in [0.4, 0.5) is 0 Å². The Hall–Kier alpha value is 1.46. The molecule has 0 saturated carbocycles. The quantitative estimate of drug-likeness (QED) is 0.563. The first-order valence-electron chi connectivity index (χ1n) is 2.09. The maximum atomic E-state index is 4.93. The van der Waals surface area contributed by atoms with Crippen molar-refractivity contribution in [2.45, 2.75) is 13.8 Å². The van der Waals surface area contributed by atoms with E-state index < -0.39 is 20.8 Å². The van der Waals surface area contributed by atoms with Crippen LogP contribution in [0.1, 0.15) is 13.8 Å². The molecule has 0 N–H and O–H groups in total. The van der Waals surface area contributed by atoms with Crippen LogP contribution in [0.15, 0.2) is 0 Å². The van der Waals surface area contributed by atoms with Crippen molar-refractivity contribution in [3.8, 4) is 0 Å². The van der Waals surface area contributed by atoms with E-state index in [0.717, 1.165) is 0 Å². The van der Waals surface area contributed by atoms with Crippen LogP contribution in [-0.4, -0.2) is 0 Å². The summed E-state index contributed by atoms with van der Waals surface area (Å²) in [6.45, 7) is 11.2. The summed E-state index contributed by atoms with van der Waals surface area (Å²) in [6, 6.07) is 0. The third-order valence-electron chi connectivity index (χ3n) is 0. The topological polar surface area (TPSA) is 0 Å². The van der Waals surface area contributed by atoms with Crippen molar-refractivity contribution in [2.75, 3.05) is 0 Å². The molecule has 0 aromatic heterocycles. The summed E-state index contributed by atoms with van der Waals surface area (Å²) in [5.41, 5.74) is 0. The molecule has 0 aromatic carbocycles. The van der Waals surface area contributed by atoms with Gasteiger partial charge in [0.1, 0.15) is 0 Å². The molecule has 48 valence electrons. The average molecular weight is 232 g/mol. The van der Waals surface area contributed by atoms with Gasteiger partial charge < -0.3 is 13.8 Å². The molecule has 0 radical (unpaired) electrons. The Bertz CT molecular complexity index is 34.2. The van der Waals surface area contributed by atoms with Crippen LogP contribution < -0.4 is 0 Å². The van der Waals surface area contributed by atoms with Crippen LogP contribution in [0, 0.1) is 19.3 Å². The molecular weight excluding hydrogens is 222 g/mol. The summed E-state index contributed by atoms with van der Waals surface area (Å²) in [5, 5.41) is 0. The SMILES string of the molecule is [CH2-]C([CH2-])(C)C.[Cl][Zr+2][Cl]. The number of hydrogen-bond acceptors (Lipinski definition) is 0. The molecule has 0 spiro atoms. The molecule has 0 aliphatic rings. The van der Waals surface area contributed by atoms with E-state index in [9.17, 15) is 0 Å². The Labute approximate surface area is 70.6 Å². The molecule has 0 saturated heterocycles. The van der Waals surface area contributed by atoms with E-state index in [4.69, 9.17) is 17.0 Å². The Kier molecular flexibility index (Phi) is 10.0. The third kappa shape index (κ3) is 146. The fraction of sp³-hybridized carbons (Fsp3) is 0.600. The van der Waals surface area contributed by atoms with E-state index in [-0.39, 0.29) is 5.41 Å². The fourth-order valence-corrected chi connectivity index (χ4v) is 0. The molecule has 8 heavy (non-hydrogen) atoms. The van der Waals surface area contributed by atoms with E-state index in [1.807, 2.05) is 13.8 Å². The first-order valence-corrected chi connectivity index (χ1v) is 8.42. The molecule has 0 unspecified atom stereocenters. The number of hydrogen-bond donors (Lipinski definition) is 0. The molecule has 0 nitrogen and oxygen atoms in total. The van der Waals surface area contributed by atoms with Gasteiger partial charge in [-0.2, -0.15) is 0 Å². The van der Waals surface area contributed by atoms with Crippen LogP contribution in [-0.2, 0) is 20.8 Å². The van der Waals surface area contributed by atoms with E-state index in [2.05, 4.69) is 13.8 Å². The zero-order valence-electron chi connectivity index (χ0n) is 5.17. The van der Waals surface area contributed by atoms with Gasteiger partial charge in [0.25, 0.3) is 0 Å². The molecule has 0 bridgehead atoms. The van der Waals surface area contributed by atoms with Gasteiger partial charge in [0.2, 0.25) is 0 Å². The molecule has 0 atom stereocenters. The van der Waals surface area contributed by atoms with Crippen molar-refractivity contribution in [3.63, 3.8) is 0 Å². The summed E-state index contributed by atoms with van der Waals surface area (Å²) in [4.78, 5) is 0. The fourth-order valence-electron chi connectivity index (χ4n) is 0. The van der Waals surface area contributed by atoms with Crippen LogP contribution in [0.5, 0.6) is 0 Å². The molecule has 0 amide bonds. The molecule has 0 rings (SSSR count). The van der Waals surface area contributed by atoms with Crippen molar-refractivity contribution < 1.29 is 20.8 Å². The first-order chi connectivity index (χ1) is 3.41. The van der Waals surface area contributed by atoms with Gasteiger partial charge in [0.15, 0.2) is 0 Å². The Morgan fingerprint density at radius 1 is 1.25 bits per heavy atom. The van der Waals surface area contributed by atoms with Crippen molar-refractivity contribution in [1.82, 2.24) is 0 Å². The molecule has 0 aliphatic carbocycles. The molecule has 3 heteroatoms. The molecule has 0 fully saturated rings. The summed E-state index contributed by atoms with van der Waals surface area (Å²) in [5.74, 6) is 0. The van der Waals surface area contributed by atoms with Gasteiger partial charge >= 0.3 is 37.9 Å². The van der Waals surface area contributed by atoms with Gasteiger partial charge in [-0.3, -0.25) is 5.41 Å². The second kappa shape index (κ2) is 6.58. The predicted octanol–water partition coefficient (Wildman–Crippen LogP) is 3.06. The van der Waals surface area contributed by atoms with Crippen molar-refractivity contribution in [2.24, 2.45) is 5.41 Å². The van der Waals surface area contributed by atoms with Crippen molar-refractivity contribution >= 4 is 17.0 Å². The number of halogens is 2. The molecule has 0 heterocycles. The normalized spacial score (nSPS) is 8.75. The van der Waals surface area contributed by atoms with E-state index in [1.165, 1.54) is 0 Å². The predicted molar refractivity (Wildman–Crippen MR) is 36.2 cm³/mol. The van der Waals surface area contributed by atoms with E-state index >= 15 is 0 Å². The standard InChI is InChI=1S/C5H10.2ClH.Zr/c1-5(2,3)4;;;/h1-2H2,3-4H3;2*1H;/q-2;;;+4/p-2. The summed E-state index contributed by atoms with van der Waals surface area (Å²) < 4.78 is 0. The Morgan fingerprint density at radius 3 is 1.25 bits per heavy atom. The Balaban J connectivity index is 0. The minimum atomic E-state index is -0.826. The summed E-state index contributed by atoms with van der Waals surface area (Å²) >= 11 is -0.826. The van der Waals surface area contributed by atoms with Gasteiger partial charge in [-0.05, 0) is 0 Å². The van der Waals surface area contributed by atoms with E-state index in [0.29, 0.717) is 0 Å². The number of rotatable bonds is 0. The zero-order valence-corrected chi connectivity index (χ0v) is 9.14. The first kappa shape index (κ1) is 12.2. The van der Waals surface area contributed by atoms with Crippen LogP contribution >= 0.6 is 17.0 Å². The van der Waals surface area contributed by atoms with E-state index in [1.54, 1.807) is 0 Å². The second-order valence-electron chi connectivity index (χ2n) is 2.24. The van der Waals surface area contributed by atoms with Gasteiger partial charge in [0.05, 0.1) is 0 Å². The Morgan fingerprint density at radius 2 is 1.25 bits per heavy atom. The minimum absolute atomic E-state index is 0. The average Bonchev–Trinajstić information content (AvgIpc) is 1.27. The second-order valence-corrected chi connectivity index (χ2v) is 5.97. The van der Waals surface area contributed by atoms with Gasteiger partial charge in [-0.15, -0.1) is 13.8 Å². The summed E-state index contributed by atoms with van der Waals surface area (Å²) in [6.07, 6.45) is 0. The molecule has 0 aromatic rings. The van der Waals surface area contributed by atoms with Gasteiger partial charge in [0, 0.05) is 0 Å². The third-order valence-corrected chi connectivity index (χ3v) is 0. The van der Waals surface area contributed by atoms with Crippen LogP contribution in [0.3, 0.4) is 0 Å². The van der Waals surface area contributed by atoms with Gasteiger partial charge in [-0.25, -0.2) is 0 Å². The monoisotopic (exact) mass is 230 g/mol. The van der Waals surface area contributed by atoms with Crippen molar-refractivity contribution in [3.05, 3.63) is 13.8 Å². The van der Waals surface area contributed by atoms with Crippen LogP contribution in [0.25, 0.3) is 0 Å². The zero-order chi connectivity index (χ0) is 7.21. The maximum absolute atomic E-state index is 4.93.